The minimum atomic E-state index is 0.522. The van der Waals surface area contributed by atoms with Crippen LogP contribution in [0.25, 0.3) is 10.9 Å². The van der Waals surface area contributed by atoms with Gasteiger partial charge in [0.15, 0.2) is 0 Å². The first-order chi connectivity index (χ1) is 9.33. The van der Waals surface area contributed by atoms with Crippen molar-refractivity contribution >= 4 is 16.6 Å². The number of hydrogen-bond acceptors (Lipinski definition) is 3. The van der Waals surface area contributed by atoms with E-state index >= 15 is 0 Å². The lowest BCUT2D eigenvalue weighted by Gasteiger charge is -2.09. The van der Waals surface area contributed by atoms with E-state index in [0.717, 1.165) is 27.9 Å². The zero-order chi connectivity index (χ0) is 13.1. The molecule has 1 heterocycles. The number of benzene rings is 2. The van der Waals surface area contributed by atoms with Crippen LogP contribution in [0.5, 0.6) is 5.75 Å². The first-order valence-corrected chi connectivity index (χ1v) is 6.14. The van der Waals surface area contributed by atoms with Crippen LogP contribution in [0.1, 0.15) is 5.56 Å². The van der Waals surface area contributed by atoms with Crippen LogP contribution < -0.4 is 10.5 Å². The first-order valence-electron chi connectivity index (χ1n) is 6.14. The van der Waals surface area contributed by atoms with E-state index in [1.54, 1.807) is 6.20 Å². The Morgan fingerprint density at radius 2 is 1.79 bits per heavy atom. The number of hydrogen-bond donors (Lipinski definition) is 1. The molecule has 0 radical (unpaired) electrons. The molecule has 0 bridgehead atoms. The fraction of sp³-hybridized carbons (Fsp3) is 0.0625. The second kappa shape index (κ2) is 4.98. The standard InChI is InChI=1S/C16H14N2O/c17-13-8-6-12(7-9-13)11-19-16-5-1-4-15-14(16)3-2-10-18-15/h1-10H,11,17H2. The zero-order valence-corrected chi connectivity index (χ0v) is 10.4. The van der Waals surface area contributed by atoms with Crippen LogP contribution >= 0.6 is 0 Å². The van der Waals surface area contributed by atoms with Crippen LogP contribution in [0.2, 0.25) is 0 Å². The van der Waals surface area contributed by atoms with Crippen LogP contribution in [0.3, 0.4) is 0 Å². The molecular weight excluding hydrogens is 236 g/mol. The maximum atomic E-state index is 5.86. The third-order valence-corrected chi connectivity index (χ3v) is 2.98. The minimum absolute atomic E-state index is 0.522. The Kier molecular flexibility index (Phi) is 3.02. The average molecular weight is 250 g/mol. The van der Waals surface area contributed by atoms with Gasteiger partial charge in [0.1, 0.15) is 12.4 Å². The summed E-state index contributed by atoms with van der Waals surface area (Å²) < 4.78 is 5.86. The van der Waals surface area contributed by atoms with E-state index in [1.165, 1.54) is 0 Å². The summed E-state index contributed by atoms with van der Waals surface area (Å²) in [6, 6.07) is 17.5. The number of aromatic nitrogens is 1. The molecule has 0 saturated carbocycles. The molecule has 0 aliphatic rings. The van der Waals surface area contributed by atoms with Crippen LogP contribution in [0.15, 0.2) is 60.8 Å². The quantitative estimate of drug-likeness (QED) is 0.725. The molecule has 0 spiro atoms. The van der Waals surface area contributed by atoms with Gasteiger partial charge in [-0.25, -0.2) is 0 Å². The number of anilines is 1. The Hall–Kier alpha value is -2.55. The number of rotatable bonds is 3. The number of pyridine rings is 1. The predicted octanol–water partition coefficient (Wildman–Crippen LogP) is 3.40. The molecular formula is C16H14N2O. The van der Waals surface area contributed by atoms with Gasteiger partial charge in [-0.2, -0.15) is 0 Å². The third kappa shape index (κ3) is 2.50. The molecule has 94 valence electrons. The SMILES string of the molecule is Nc1ccc(COc2cccc3ncccc23)cc1. The smallest absolute Gasteiger partial charge is 0.129 e. The van der Waals surface area contributed by atoms with Crippen molar-refractivity contribution in [3.8, 4) is 5.75 Å². The summed E-state index contributed by atoms with van der Waals surface area (Å²) >= 11 is 0. The van der Waals surface area contributed by atoms with Gasteiger partial charge in [-0.3, -0.25) is 4.98 Å². The third-order valence-electron chi connectivity index (χ3n) is 2.98. The summed E-state index contributed by atoms with van der Waals surface area (Å²) in [5, 5.41) is 1.03. The molecule has 2 aromatic carbocycles. The van der Waals surface area contributed by atoms with Crippen molar-refractivity contribution in [2.24, 2.45) is 0 Å². The van der Waals surface area contributed by atoms with Crippen LogP contribution in [-0.2, 0) is 6.61 Å². The Morgan fingerprint density at radius 1 is 0.947 bits per heavy atom. The van der Waals surface area contributed by atoms with E-state index in [9.17, 15) is 0 Å². The van der Waals surface area contributed by atoms with Crippen molar-refractivity contribution in [1.82, 2.24) is 4.98 Å². The van der Waals surface area contributed by atoms with E-state index in [4.69, 9.17) is 10.5 Å². The highest BCUT2D eigenvalue weighted by molar-refractivity contribution is 5.84. The monoisotopic (exact) mass is 250 g/mol. The maximum Gasteiger partial charge on any atom is 0.129 e. The van der Waals surface area contributed by atoms with Crippen LogP contribution in [-0.4, -0.2) is 4.98 Å². The summed E-state index contributed by atoms with van der Waals surface area (Å²) in [6.07, 6.45) is 1.78. The fourth-order valence-corrected chi connectivity index (χ4v) is 1.98. The van der Waals surface area contributed by atoms with E-state index in [0.29, 0.717) is 6.61 Å². The van der Waals surface area contributed by atoms with Gasteiger partial charge in [-0.1, -0.05) is 18.2 Å². The first kappa shape index (κ1) is 11.5. The second-order valence-electron chi connectivity index (χ2n) is 4.36. The van der Waals surface area contributed by atoms with Gasteiger partial charge >= 0.3 is 0 Å². The molecule has 3 nitrogen and oxygen atoms in total. The molecule has 0 aliphatic heterocycles. The van der Waals surface area contributed by atoms with E-state index in [-0.39, 0.29) is 0 Å². The summed E-state index contributed by atoms with van der Waals surface area (Å²) in [5.41, 5.74) is 8.46. The molecule has 3 heteroatoms. The lowest BCUT2D eigenvalue weighted by atomic mass is 10.2. The number of fused-ring (bicyclic) bond motifs is 1. The number of nitrogens with two attached hydrogens (primary N) is 1. The Morgan fingerprint density at radius 3 is 2.63 bits per heavy atom. The van der Waals surface area contributed by atoms with Gasteiger partial charge in [0, 0.05) is 17.3 Å². The molecule has 0 amide bonds. The Labute approximate surface area is 111 Å². The summed E-state index contributed by atoms with van der Waals surface area (Å²) in [4.78, 5) is 4.31. The number of ether oxygens (including phenoxy) is 1. The normalized spacial score (nSPS) is 10.5. The average Bonchev–Trinajstić information content (AvgIpc) is 2.47. The summed E-state index contributed by atoms with van der Waals surface area (Å²) in [5.74, 6) is 0.849. The second-order valence-corrected chi connectivity index (χ2v) is 4.36. The highest BCUT2D eigenvalue weighted by Crippen LogP contribution is 2.24. The summed E-state index contributed by atoms with van der Waals surface area (Å²) in [7, 11) is 0. The molecule has 0 unspecified atom stereocenters. The van der Waals surface area contributed by atoms with Gasteiger partial charge in [0.25, 0.3) is 0 Å². The lowest BCUT2D eigenvalue weighted by Crippen LogP contribution is -1.96. The van der Waals surface area contributed by atoms with Crippen molar-refractivity contribution in [2.75, 3.05) is 5.73 Å². The van der Waals surface area contributed by atoms with Crippen molar-refractivity contribution in [3.63, 3.8) is 0 Å². The van der Waals surface area contributed by atoms with Crippen molar-refractivity contribution in [3.05, 3.63) is 66.4 Å². The predicted molar refractivity (Wildman–Crippen MR) is 76.9 cm³/mol. The van der Waals surface area contributed by atoms with Crippen molar-refractivity contribution in [2.45, 2.75) is 6.61 Å². The van der Waals surface area contributed by atoms with Crippen LogP contribution in [0, 0.1) is 0 Å². The largest absolute Gasteiger partial charge is 0.488 e. The highest BCUT2D eigenvalue weighted by atomic mass is 16.5. The van der Waals surface area contributed by atoms with Crippen LogP contribution in [0.4, 0.5) is 5.69 Å². The lowest BCUT2D eigenvalue weighted by molar-refractivity contribution is 0.310. The fourth-order valence-electron chi connectivity index (χ4n) is 1.98. The molecule has 0 fully saturated rings. The van der Waals surface area contributed by atoms with Crippen molar-refractivity contribution in [1.29, 1.82) is 0 Å². The number of nitrogens with zero attached hydrogens (tertiary/aromatic N) is 1. The van der Waals surface area contributed by atoms with E-state index in [2.05, 4.69) is 4.98 Å². The van der Waals surface area contributed by atoms with Gasteiger partial charge in [0.2, 0.25) is 0 Å². The molecule has 3 rings (SSSR count). The Balaban J connectivity index is 1.84. The molecule has 19 heavy (non-hydrogen) atoms. The molecule has 0 saturated heterocycles. The van der Waals surface area contributed by atoms with E-state index < -0.39 is 0 Å². The Bertz CT molecular complexity index is 687. The topological polar surface area (TPSA) is 48.1 Å². The summed E-state index contributed by atoms with van der Waals surface area (Å²) in [6.45, 7) is 0.522. The molecule has 0 aliphatic carbocycles. The van der Waals surface area contributed by atoms with Gasteiger partial charge in [-0.05, 0) is 42.0 Å². The molecule has 1 aromatic heterocycles. The van der Waals surface area contributed by atoms with E-state index in [1.807, 2.05) is 54.6 Å². The molecule has 0 atom stereocenters. The zero-order valence-electron chi connectivity index (χ0n) is 10.4. The van der Waals surface area contributed by atoms with Gasteiger partial charge < -0.3 is 10.5 Å². The minimum Gasteiger partial charge on any atom is -0.488 e. The molecule has 2 N–H and O–H groups in total. The van der Waals surface area contributed by atoms with Gasteiger partial charge in [-0.15, -0.1) is 0 Å². The van der Waals surface area contributed by atoms with Crippen molar-refractivity contribution < 1.29 is 4.74 Å². The number of nitrogen functional groups attached to an aromatic ring is 1. The maximum absolute atomic E-state index is 5.86. The van der Waals surface area contributed by atoms with Gasteiger partial charge in [0.05, 0.1) is 5.52 Å². The molecule has 3 aromatic rings. The highest BCUT2D eigenvalue weighted by Gasteiger charge is 2.02.